The first-order valence-corrected chi connectivity index (χ1v) is 6.42. The second-order valence-electron chi connectivity index (χ2n) is 4.93. The Kier molecular flexibility index (Phi) is 4.49. The Morgan fingerprint density at radius 2 is 2.14 bits per heavy atom. The number of carbonyl (C=O) groups is 1. The van der Waals surface area contributed by atoms with Gasteiger partial charge in [-0.1, -0.05) is 0 Å². The molecule has 8 heteroatoms. The largest absolute Gasteiger partial charge is 0.394 e. The summed E-state index contributed by atoms with van der Waals surface area (Å²) in [6, 6.07) is 2.75. The van der Waals surface area contributed by atoms with Crippen LogP contribution >= 0.6 is 0 Å². The molecular formula is C13H15FN2O5. The summed E-state index contributed by atoms with van der Waals surface area (Å²) in [5.74, 6) is -1.63. The van der Waals surface area contributed by atoms with Gasteiger partial charge < -0.3 is 15.2 Å². The van der Waals surface area contributed by atoms with E-state index in [4.69, 9.17) is 4.74 Å². The van der Waals surface area contributed by atoms with E-state index in [2.05, 4.69) is 5.32 Å². The molecule has 1 aromatic rings. The zero-order chi connectivity index (χ0) is 15.5. The zero-order valence-corrected chi connectivity index (χ0v) is 11.2. The normalized spacial score (nSPS) is 17.2. The maximum atomic E-state index is 13.7. The van der Waals surface area contributed by atoms with Crippen LogP contribution in [0.4, 0.5) is 10.1 Å². The number of carbonyl (C=O) groups excluding carboxylic acids is 1. The third-order valence-corrected chi connectivity index (χ3v) is 3.54. The lowest BCUT2D eigenvalue weighted by Gasteiger charge is -2.36. The molecule has 0 bridgehead atoms. The third kappa shape index (κ3) is 3.34. The number of ether oxygens (including phenoxy) is 1. The number of hydrogen-bond donors (Lipinski definition) is 2. The number of halogens is 1. The maximum absolute atomic E-state index is 13.7. The number of rotatable bonds is 4. The molecule has 1 aliphatic heterocycles. The van der Waals surface area contributed by atoms with Crippen molar-refractivity contribution in [3.8, 4) is 0 Å². The van der Waals surface area contributed by atoms with Crippen LogP contribution < -0.4 is 5.32 Å². The Morgan fingerprint density at radius 3 is 2.71 bits per heavy atom. The van der Waals surface area contributed by atoms with Crippen LogP contribution in [0.25, 0.3) is 0 Å². The Labute approximate surface area is 119 Å². The predicted molar refractivity (Wildman–Crippen MR) is 70.4 cm³/mol. The summed E-state index contributed by atoms with van der Waals surface area (Å²) in [5.41, 5.74) is -1.66. The van der Waals surface area contributed by atoms with E-state index in [1.54, 1.807) is 0 Å². The molecule has 0 saturated carbocycles. The molecule has 0 spiro atoms. The maximum Gasteiger partial charge on any atom is 0.270 e. The van der Waals surface area contributed by atoms with Crippen molar-refractivity contribution in [3.63, 3.8) is 0 Å². The van der Waals surface area contributed by atoms with Gasteiger partial charge in [-0.25, -0.2) is 4.39 Å². The van der Waals surface area contributed by atoms with Crippen LogP contribution in [0.5, 0.6) is 0 Å². The molecule has 0 atom stereocenters. The monoisotopic (exact) mass is 298 g/mol. The van der Waals surface area contributed by atoms with Crippen molar-refractivity contribution in [2.45, 2.75) is 18.4 Å². The van der Waals surface area contributed by atoms with Gasteiger partial charge in [-0.2, -0.15) is 0 Å². The molecular weight excluding hydrogens is 283 g/mol. The van der Waals surface area contributed by atoms with Crippen LogP contribution in [0.3, 0.4) is 0 Å². The Bertz CT molecular complexity index is 557. The summed E-state index contributed by atoms with van der Waals surface area (Å²) in [7, 11) is 0. The van der Waals surface area contributed by atoms with Crippen LogP contribution in [-0.4, -0.2) is 41.3 Å². The molecule has 1 saturated heterocycles. The van der Waals surface area contributed by atoms with E-state index in [-0.39, 0.29) is 12.3 Å². The fraction of sp³-hybridized carbons (Fsp3) is 0.462. The predicted octanol–water partition coefficient (Wildman–Crippen LogP) is 1.01. The fourth-order valence-electron chi connectivity index (χ4n) is 2.19. The van der Waals surface area contributed by atoms with Gasteiger partial charge in [0.15, 0.2) is 0 Å². The summed E-state index contributed by atoms with van der Waals surface area (Å²) >= 11 is 0. The topological polar surface area (TPSA) is 102 Å². The molecule has 1 fully saturated rings. The van der Waals surface area contributed by atoms with Crippen LogP contribution in [0, 0.1) is 15.9 Å². The van der Waals surface area contributed by atoms with Crippen molar-refractivity contribution in [2.75, 3.05) is 19.8 Å². The van der Waals surface area contributed by atoms with Crippen molar-refractivity contribution in [3.05, 3.63) is 39.7 Å². The van der Waals surface area contributed by atoms with Gasteiger partial charge >= 0.3 is 0 Å². The van der Waals surface area contributed by atoms with Gasteiger partial charge in [0.25, 0.3) is 11.6 Å². The molecule has 0 radical (unpaired) electrons. The van der Waals surface area contributed by atoms with Gasteiger partial charge in [0.2, 0.25) is 0 Å². The van der Waals surface area contributed by atoms with Gasteiger partial charge in [-0.3, -0.25) is 14.9 Å². The summed E-state index contributed by atoms with van der Waals surface area (Å²) in [5, 5.41) is 22.7. The van der Waals surface area contributed by atoms with E-state index in [1.807, 2.05) is 0 Å². The van der Waals surface area contributed by atoms with E-state index in [0.717, 1.165) is 18.2 Å². The SMILES string of the molecule is O=C(NC1(CO)CCOCC1)c1cc([N+](=O)[O-])ccc1F. The van der Waals surface area contributed by atoms with Crippen molar-refractivity contribution >= 4 is 11.6 Å². The number of nitrogens with zero attached hydrogens (tertiary/aromatic N) is 1. The average molecular weight is 298 g/mol. The molecule has 21 heavy (non-hydrogen) atoms. The second kappa shape index (κ2) is 6.15. The Balaban J connectivity index is 2.23. The van der Waals surface area contributed by atoms with Gasteiger partial charge in [0, 0.05) is 25.3 Å². The number of hydrogen-bond acceptors (Lipinski definition) is 5. The first-order valence-electron chi connectivity index (χ1n) is 6.42. The highest BCUT2D eigenvalue weighted by molar-refractivity contribution is 5.95. The summed E-state index contributed by atoms with van der Waals surface area (Å²) in [4.78, 5) is 22.1. The number of aliphatic hydroxyl groups is 1. The number of nitro benzene ring substituents is 1. The lowest BCUT2D eigenvalue weighted by molar-refractivity contribution is -0.384. The quantitative estimate of drug-likeness (QED) is 0.638. The molecule has 1 aliphatic rings. The molecule has 1 amide bonds. The van der Waals surface area contributed by atoms with Crippen molar-refractivity contribution < 1.29 is 24.0 Å². The Hall–Kier alpha value is -2.06. The highest BCUT2D eigenvalue weighted by atomic mass is 19.1. The fourth-order valence-corrected chi connectivity index (χ4v) is 2.19. The van der Waals surface area contributed by atoms with E-state index >= 15 is 0 Å². The average Bonchev–Trinajstić information content (AvgIpc) is 2.48. The molecule has 0 unspecified atom stereocenters. The molecule has 0 aliphatic carbocycles. The standard InChI is InChI=1S/C13H15FN2O5/c14-11-2-1-9(16(19)20)7-10(11)12(18)15-13(8-17)3-5-21-6-4-13/h1-2,7,17H,3-6,8H2,(H,15,18). The highest BCUT2D eigenvalue weighted by Gasteiger charge is 2.34. The van der Waals surface area contributed by atoms with E-state index in [1.165, 1.54) is 0 Å². The lowest BCUT2D eigenvalue weighted by Crippen LogP contribution is -2.54. The van der Waals surface area contributed by atoms with E-state index in [0.29, 0.717) is 26.1 Å². The van der Waals surface area contributed by atoms with E-state index < -0.39 is 27.8 Å². The first kappa shape index (κ1) is 15.3. The van der Waals surface area contributed by atoms with Crippen LogP contribution in [0.15, 0.2) is 18.2 Å². The lowest BCUT2D eigenvalue weighted by atomic mass is 9.90. The molecule has 0 aromatic heterocycles. The van der Waals surface area contributed by atoms with E-state index in [9.17, 15) is 24.4 Å². The van der Waals surface area contributed by atoms with Crippen LogP contribution in [0.1, 0.15) is 23.2 Å². The molecule has 1 aromatic carbocycles. The minimum atomic E-state index is -0.883. The summed E-state index contributed by atoms with van der Waals surface area (Å²) in [6.07, 6.45) is 0.789. The molecule has 1 heterocycles. The molecule has 114 valence electrons. The van der Waals surface area contributed by atoms with Gasteiger partial charge in [0.05, 0.1) is 22.6 Å². The van der Waals surface area contributed by atoms with Crippen LogP contribution in [0.2, 0.25) is 0 Å². The highest BCUT2D eigenvalue weighted by Crippen LogP contribution is 2.22. The smallest absolute Gasteiger partial charge is 0.270 e. The summed E-state index contributed by atoms with van der Waals surface area (Å²) in [6.45, 7) is 0.440. The summed E-state index contributed by atoms with van der Waals surface area (Å²) < 4.78 is 18.9. The number of non-ortho nitro benzene ring substituents is 1. The van der Waals surface area contributed by atoms with Gasteiger partial charge in [-0.15, -0.1) is 0 Å². The number of benzene rings is 1. The third-order valence-electron chi connectivity index (χ3n) is 3.54. The molecule has 2 rings (SSSR count). The van der Waals surface area contributed by atoms with Crippen molar-refractivity contribution in [1.29, 1.82) is 0 Å². The van der Waals surface area contributed by atoms with Gasteiger partial charge in [-0.05, 0) is 18.9 Å². The molecule has 2 N–H and O–H groups in total. The zero-order valence-electron chi connectivity index (χ0n) is 11.2. The van der Waals surface area contributed by atoms with Gasteiger partial charge in [0.1, 0.15) is 5.82 Å². The minimum absolute atomic E-state index is 0.307. The van der Waals surface area contributed by atoms with Crippen LogP contribution in [-0.2, 0) is 4.74 Å². The number of nitrogens with one attached hydrogen (secondary N) is 1. The number of nitro groups is 1. The van der Waals surface area contributed by atoms with Crippen molar-refractivity contribution in [1.82, 2.24) is 5.32 Å². The molecule has 7 nitrogen and oxygen atoms in total. The minimum Gasteiger partial charge on any atom is -0.394 e. The number of amides is 1. The number of aliphatic hydroxyl groups excluding tert-OH is 1. The second-order valence-corrected chi connectivity index (χ2v) is 4.93. The Morgan fingerprint density at radius 1 is 1.48 bits per heavy atom. The van der Waals surface area contributed by atoms with Crippen molar-refractivity contribution in [2.24, 2.45) is 0 Å². The first-order chi connectivity index (χ1) is 9.97.